The van der Waals surface area contributed by atoms with Gasteiger partial charge in [0.1, 0.15) is 17.9 Å². The van der Waals surface area contributed by atoms with E-state index in [0.29, 0.717) is 22.4 Å². The molecule has 1 heterocycles. The van der Waals surface area contributed by atoms with Crippen molar-refractivity contribution in [2.45, 2.75) is 38.5 Å². The van der Waals surface area contributed by atoms with Crippen molar-refractivity contribution in [3.8, 4) is 5.75 Å². The minimum absolute atomic E-state index is 0.161. The number of carbonyl (C=O) groups excluding carboxylic acids is 1. The Labute approximate surface area is 146 Å². The first kappa shape index (κ1) is 16.6. The number of nitrogens with one attached hydrogen (secondary N) is 1. The minimum Gasteiger partial charge on any atom is -0.478 e. The Morgan fingerprint density at radius 2 is 2.04 bits per heavy atom. The van der Waals surface area contributed by atoms with Crippen LogP contribution in [0, 0.1) is 0 Å². The third-order valence-electron chi connectivity index (χ3n) is 3.83. The van der Waals surface area contributed by atoms with Crippen LogP contribution in [0.1, 0.15) is 20.8 Å². The molecule has 5 nitrogen and oxygen atoms in total. The highest BCUT2D eigenvalue weighted by Gasteiger charge is 2.36. The molecule has 6 heteroatoms. The number of hydrogen-bond acceptors (Lipinski definition) is 4. The maximum Gasteiger partial charge on any atom is 0.267 e. The number of halogens is 1. The molecule has 2 atom stereocenters. The van der Waals surface area contributed by atoms with E-state index in [-0.39, 0.29) is 18.1 Å². The number of carbonyl (C=O) groups is 1. The van der Waals surface area contributed by atoms with Gasteiger partial charge in [0.25, 0.3) is 5.91 Å². The molecule has 1 N–H and O–H groups in total. The van der Waals surface area contributed by atoms with Crippen molar-refractivity contribution >= 4 is 23.4 Å². The van der Waals surface area contributed by atoms with E-state index < -0.39 is 5.60 Å². The molecule has 0 saturated carbocycles. The molecule has 0 aromatic heterocycles. The maximum absolute atomic E-state index is 12.7. The van der Waals surface area contributed by atoms with Crippen LogP contribution >= 0.6 is 11.6 Å². The van der Waals surface area contributed by atoms with Gasteiger partial charge in [0, 0.05) is 17.6 Å². The number of nitrogens with zero attached hydrogens (tertiary/aromatic N) is 1. The van der Waals surface area contributed by atoms with E-state index in [1.807, 2.05) is 18.2 Å². The van der Waals surface area contributed by atoms with Gasteiger partial charge in [-0.1, -0.05) is 17.7 Å². The molecule has 0 radical (unpaired) electrons. The van der Waals surface area contributed by atoms with Crippen LogP contribution in [-0.2, 0) is 9.53 Å². The summed E-state index contributed by atoms with van der Waals surface area (Å²) in [5.41, 5.74) is -0.346. The molecule has 0 fully saturated rings. The monoisotopic (exact) mass is 346 g/mol. The number of benzene rings is 1. The SMILES string of the molecule is CC1=NC2C(NC(=O)C(C)(C)Oc3ccc(Cl)cc3)=CC=CC2O1. The first-order valence-electron chi connectivity index (χ1n) is 7.71. The van der Waals surface area contributed by atoms with E-state index in [9.17, 15) is 4.79 Å². The molecule has 0 saturated heterocycles. The summed E-state index contributed by atoms with van der Waals surface area (Å²) in [6.45, 7) is 5.24. The third kappa shape index (κ3) is 3.46. The third-order valence-corrected chi connectivity index (χ3v) is 4.08. The van der Waals surface area contributed by atoms with Crippen molar-refractivity contribution in [2.75, 3.05) is 0 Å². The van der Waals surface area contributed by atoms with Crippen LogP contribution in [0.4, 0.5) is 0 Å². The number of allylic oxidation sites excluding steroid dienone is 2. The van der Waals surface area contributed by atoms with E-state index in [0.717, 1.165) is 0 Å². The average molecular weight is 347 g/mol. The topological polar surface area (TPSA) is 59.9 Å². The zero-order valence-corrected chi connectivity index (χ0v) is 14.5. The quantitative estimate of drug-likeness (QED) is 0.910. The molecule has 1 aliphatic heterocycles. The van der Waals surface area contributed by atoms with Crippen LogP contribution in [0.15, 0.2) is 53.2 Å². The van der Waals surface area contributed by atoms with E-state index in [2.05, 4.69) is 10.3 Å². The Morgan fingerprint density at radius 3 is 2.75 bits per heavy atom. The van der Waals surface area contributed by atoms with Crippen molar-refractivity contribution < 1.29 is 14.3 Å². The van der Waals surface area contributed by atoms with Gasteiger partial charge in [0.05, 0.1) is 0 Å². The van der Waals surface area contributed by atoms with Gasteiger partial charge in [-0.05, 0) is 50.3 Å². The summed E-state index contributed by atoms with van der Waals surface area (Å²) in [7, 11) is 0. The lowest BCUT2D eigenvalue weighted by Crippen LogP contribution is -2.48. The largest absolute Gasteiger partial charge is 0.478 e. The Kier molecular flexibility index (Phi) is 4.37. The lowest BCUT2D eigenvalue weighted by molar-refractivity contribution is -0.133. The Hall–Kier alpha value is -2.27. The molecule has 0 bridgehead atoms. The van der Waals surface area contributed by atoms with Crippen LogP contribution < -0.4 is 10.1 Å². The van der Waals surface area contributed by atoms with Crippen molar-refractivity contribution in [3.63, 3.8) is 0 Å². The van der Waals surface area contributed by atoms with Gasteiger partial charge in [-0.3, -0.25) is 4.79 Å². The van der Waals surface area contributed by atoms with E-state index in [1.165, 1.54) is 0 Å². The smallest absolute Gasteiger partial charge is 0.267 e. The summed E-state index contributed by atoms with van der Waals surface area (Å²) >= 11 is 5.86. The molecule has 2 unspecified atom stereocenters. The molecule has 1 aliphatic carbocycles. The molecule has 3 rings (SSSR count). The number of ether oxygens (including phenoxy) is 2. The zero-order valence-electron chi connectivity index (χ0n) is 13.7. The highest BCUT2D eigenvalue weighted by Crippen LogP contribution is 2.25. The van der Waals surface area contributed by atoms with Crippen molar-refractivity contribution in [3.05, 3.63) is 53.2 Å². The van der Waals surface area contributed by atoms with Gasteiger partial charge >= 0.3 is 0 Å². The number of aliphatic imine (C=N–C) groups is 1. The molecule has 24 heavy (non-hydrogen) atoms. The summed E-state index contributed by atoms with van der Waals surface area (Å²) in [6, 6.07) is 6.68. The van der Waals surface area contributed by atoms with Crippen molar-refractivity contribution in [1.29, 1.82) is 0 Å². The molecule has 1 amide bonds. The second-order valence-electron chi connectivity index (χ2n) is 6.20. The van der Waals surface area contributed by atoms with Gasteiger partial charge in [-0.15, -0.1) is 0 Å². The number of hydrogen-bond donors (Lipinski definition) is 1. The van der Waals surface area contributed by atoms with Crippen LogP contribution in [0.25, 0.3) is 0 Å². The van der Waals surface area contributed by atoms with E-state index in [1.54, 1.807) is 45.0 Å². The summed E-state index contributed by atoms with van der Waals surface area (Å²) in [6.07, 6.45) is 5.46. The first-order chi connectivity index (χ1) is 11.3. The Morgan fingerprint density at radius 1 is 1.33 bits per heavy atom. The fourth-order valence-corrected chi connectivity index (χ4v) is 2.69. The number of amides is 1. The van der Waals surface area contributed by atoms with Gasteiger partial charge in [-0.25, -0.2) is 4.99 Å². The fourth-order valence-electron chi connectivity index (χ4n) is 2.56. The van der Waals surface area contributed by atoms with Crippen LogP contribution in [0.2, 0.25) is 5.02 Å². The number of fused-ring (bicyclic) bond motifs is 1. The molecule has 1 aromatic carbocycles. The summed E-state index contributed by atoms with van der Waals surface area (Å²) in [4.78, 5) is 17.1. The molecular formula is C18H19ClN2O3. The molecule has 1 aromatic rings. The molecule has 126 valence electrons. The highest BCUT2D eigenvalue weighted by molar-refractivity contribution is 6.30. The zero-order chi connectivity index (χ0) is 17.3. The summed E-state index contributed by atoms with van der Waals surface area (Å²) in [5, 5.41) is 3.53. The lowest BCUT2D eigenvalue weighted by atomic mass is 10.0. The number of rotatable bonds is 4. The van der Waals surface area contributed by atoms with Gasteiger partial charge < -0.3 is 14.8 Å². The van der Waals surface area contributed by atoms with E-state index >= 15 is 0 Å². The van der Waals surface area contributed by atoms with Crippen LogP contribution in [-0.4, -0.2) is 29.6 Å². The predicted octanol–water partition coefficient (Wildman–Crippen LogP) is 3.25. The van der Waals surface area contributed by atoms with Gasteiger partial charge in [-0.2, -0.15) is 0 Å². The molecule has 2 aliphatic rings. The van der Waals surface area contributed by atoms with Gasteiger partial charge in [0.15, 0.2) is 11.5 Å². The Bertz CT molecular complexity index is 735. The Balaban J connectivity index is 1.70. The lowest BCUT2D eigenvalue weighted by Gasteiger charge is -2.28. The normalized spacial score (nSPS) is 22.2. The summed E-state index contributed by atoms with van der Waals surface area (Å²) in [5.74, 6) is 0.943. The minimum atomic E-state index is -1.05. The van der Waals surface area contributed by atoms with Crippen LogP contribution in [0.3, 0.4) is 0 Å². The van der Waals surface area contributed by atoms with Gasteiger partial charge in [0.2, 0.25) is 0 Å². The highest BCUT2D eigenvalue weighted by atomic mass is 35.5. The first-order valence-corrected chi connectivity index (χ1v) is 8.08. The summed E-state index contributed by atoms with van der Waals surface area (Å²) < 4.78 is 11.4. The van der Waals surface area contributed by atoms with Crippen LogP contribution in [0.5, 0.6) is 5.75 Å². The maximum atomic E-state index is 12.7. The molecular weight excluding hydrogens is 328 g/mol. The fraction of sp³-hybridized carbons (Fsp3) is 0.333. The molecule has 0 spiro atoms. The standard InChI is InChI=1S/C18H19ClN2O3/c1-11-20-16-14(5-4-6-15(16)23-11)21-17(22)18(2,3)24-13-9-7-12(19)8-10-13/h4-10,15-16H,1-3H3,(H,21,22). The second-order valence-corrected chi connectivity index (χ2v) is 6.64. The van der Waals surface area contributed by atoms with Crippen molar-refractivity contribution in [1.82, 2.24) is 5.32 Å². The predicted molar refractivity (Wildman–Crippen MR) is 93.3 cm³/mol. The average Bonchev–Trinajstić information content (AvgIpc) is 2.91. The van der Waals surface area contributed by atoms with E-state index in [4.69, 9.17) is 21.1 Å². The second kappa shape index (κ2) is 6.32. The van der Waals surface area contributed by atoms with Crippen molar-refractivity contribution in [2.24, 2.45) is 4.99 Å².